The lowest BCUT2D eigenvalue weighted by molar-refractivity contribution is 0.0608. The molecule has 0 aliphatic carbocycles. The van der Waals surface area contributed by atoms with Gasteiger partial charge in [0.25, 0.3) is 0 Å². The van der Waals surface area contributed by atoms with E-state index in [1.807, 2.05) is 6.07 Å². The Labute approximate surface area is 155 Å². The Balaban J connectivity index is 2.28. The molecule has 2 aromatic rings. The zero-order valence-corrected chi connectivity index (χ0v) is 15.8. The molecule has 25 heavy (non-hydrogen) atoms. The van der Waals surface area contributed by atoms with Crippen LogP contribution in [0.2, 0.25) is 5.02 Å². The van der Waals surface area contributed by atoms with Crippen molar-refractivity contribution in [2.75, 3.05) is 0 Å². The van der Waals surface area contributed by atoms with Crippen molar-refractivity contribution in [2.24, 2.45) is 0 Å². The highest BCUT2D eigenvalue weighted by Crippen LogP contribution is 2.36. The zero-order chi connectivity index (χ0) is 18.7. The van der Waals surface area contributed by atoms with Gasteiger partial charge >= 0.3 is 0 Å². The van der Waals surface area contributed by atoms with Gasteiger partial charge in [-0.05, 0) is 42.0 Å². The summed E-state index contributed by atoms with van der Waals surface area (Å²) in [6.07, 6.45) is 2.47. The maximum absolute atomic E-state index is 11.1. The summed E-state index contributed by atoms with van der Waals surface area (Å²) in [7, 11) is 0. The van der Waals surface area contributed by atoms with Gasteiger partial charge < -0.3 is 5.11 Å². The van der Waals surface area contributed by atoms with Crippen molar-refractivity contribution in [2.45, 2.75) is 44.6 Å². The summed E-state index contributed by atoms with van der Waals surface area (Å²) in [6, 6.07) is 15.6. The van der Waals surface area contributed by atoms with Crippen LogP contribution < -0.4 is 0 Å². The van der Waals surface area contributed by atoms with Crippen molar-refractivity contribution in [1.29, 1.82) is 5.26 Å². The minimum absolute atomic E-state index is 0.228. The van der Waals surface area contributed by atoms with E-state index >= 15 is 0 Å². The molecule has 3 heteroatoms. The highest BCUT2D eigenvalue weighted by molar-refractivity contribution is 6.31. The quantitative estimate of drug-likeness (QED) is 0.711. The minimum Gasteiger partial charge on any atom is -0.385 e. The summed E-state index contributed by atoms with van der Waals surface area (Å²) in [4.78, 5) is 0. The molecule has 0 heterocycles. The Hall–Kier alpha value is -2.08. The third-order valence-corrected chi connectivity index (χ3v) is 4.96. The summed E-state index contributed by atoms with van der Waals surface area (Å²) in [5.41, 5.74) is 2.37. The van der Waals surface area contributed by atoms with E-state index in [1.54, 1.807) is 24.3 Å². The standard InChI is InChI=1S/C22H24ClNO/c1-5-22(25,13-18-10-9-17(14-24)12-20(18)23)15-21(3,4)19-8-6-7-16(2)11-19/h5-12,25H,1,13,15H2,2-4H3. The van der Waals surface area contributed by atoms with Crippen LogP contribution in [0.5, 0.6) is 0 Å². The average molecular weight is 354 g/mol. The molecule has 0 bridgehead atoms. The smallest absolute Gasteiger partial charge is 0.0992 e. The SMILES string of the molecule is C=CC(O)(Cc1ccc(C#N)cc1Cl)CC(C)(C)c1cccc(C)c1. The van der Waals surface area contributed by atoms with Crippen LogP contribution in [0.4, 0.5) is 0 Å². The Bertz CT molecular complexity index is 819. The fourth-order valence-corrected chi connectivity index (χ4v) is 3.48. The fraction of sp³-hybridized carbons (Fsp3) is 0.318. The molecule has 0 aromatic heterocycles. The number of nitriles is 1. The van der Waals surface area contributed by atoms with Gasteiger partial charge in [0.05, 0.1) is 17.2 Å². The highest BCUT2D eigenvalue weighted by atomic mass is 35.5. The second kappa shape index (κ2) is 7.44. The van der Waals surface area contributed by atoms with E-state index in [-0.39, 0.29) is 5.41 Å². The maximum atomic E-state index is 11.1. The molecule has 0 fully saturated rings. The largest absolute Gasteiger partial charge is 0.385 e. The van der Waals surface area contributed by atoms with Crippen LogP contribution in [0.3, 0.4) is 0 Å². The van der Waals surface area contributed by atoms with E-state index in [0.29, 0.717) is 23.4 Å². The van der Waals surface area contributed by atoms with Gasteiger partial charge in [0.1, 0.15) is 0 Å². The van der Waals surface area contributed by atoms with Gasteiger partial charge in [-0.2, -0.15) is 5.26 Å². The van der Waals surface area contributed by atoms with Gasteiger partial charge in [-0.1, -0.05) is 67.4 Å². The molecule has 0 saturated carbocycles. The van der Waals surface area contributed by atoms with Crippen LogP contribution in [-0.2, 0) is 11.8 Å². The van der Waals surface area contributed by atoms with Crippen molar-refractivity contribution in [3.05, 3.63) is 82.4 Å². The number of rotatable bonds is 6. The fourth-order valence-electron chi connectivity index (χ4n) is 3.23. The van der Waals surface area contributed by atoms with E-state index in [2.05, 4.69) is 51.6 Å². The van der Waals surface area contributed by atoms with Gasteiger partial charge in [-0.25, -0.2) is 0 Å². The molecule has 130 valence electrons. The highest BCUT2D eigenvalue weighted by Gasteiger charge is 2.34. The third kappa shape index (κ3) is 4.72. The van der Waals surface area contributed by atoms with Gasteiger partial charge in [0.2, 0.25) is 0 Å². The van der Waals surface area contributed by atoms with E-state index < -0.39 is 5.60 Å². The van der Waals surface area contributed by atoms with E-state index in [9.17, 15) is 5.11 Å². The zero-order valence-electron chi connectivity index (χ0n) is 15.0. The van der Waals surface area contributed by atoms with Crippen molar-refractivity contribution < 1.29 is 5.11 Å². The molecule has 2 rings (SSSR count). The number of benzene rings is 2. The molecule has 0 saturated heterocycles. The second-order valence-corrected chi connectivity index (χ2v) is 7.74. The lowest BCUT2D eigenvalue weighted by atomic mass is 9.73. The normalized spacial score (nSPS) is 13.8. The molecular weight excluding hydrogens is 330 g/mol. The Morgan fingerprint density at radius 3 is 2.52 bits per heavy atom. The van der Waals surface area contributed by atoms with Crippen molar-refractivity contribution in [3.63, 3.8) is 0 Å². The maximum Gasteiger partial charge on any atom is 0.0992 e. The third-order valence-electron chi connectivity index (χ3n) is 4.61. The van der Waals surface area contributed by atoms with Crippen LogP contribution >= 0.6 is 11.6 Å². The summed E-state index contributed by atoms with van der Waals surface area (Å²) in [6.45, 7) is 10.2. The first kappa shape index (κ1) is 19.2. The summed E-state index contributed by atoms with van der Waals surface area (Å²) >= 11 is 6.28. The van der Waals surface area contributed by atoms with Crippen LogP contribution in [0.25, 0.3) is 0 Å². The first-order valence-corrected chi connectivity index (χ1v) is 8.68. The van der Waals surface area contributed by atoms with Gasteiger partial charge in [0.15, 0.2) is 0 Å². The van der Waals surface area contributed by atoms with Gasteiger partial charge in [-0.3, -0.25) is 0 Å². The average Bonchev–Trinajstić information content (AvgIpc) is 2.56. The molecule has 0 amide bonds. The first-order valence-electron chi connectivity index (χ1n) is 8.31. The predicted molar refractivity (Wildman–Crippen MR) is 104 cm³/mol. The van der Waals surface area contributed by atoms with Crippen LogP contribution in [0, 0.1) is 18.3 Å². The van der Waals surface area contributed by atoms with Crippen LogP contribution in [0.15, 0.2) is 55.1 Å². The molecular formula is C22H24ClNO. The Morgan fingerprint density at radius 1 is 1.24 bits per heavy atom. The molecule has 0 spiro atoms. The lowest BCUT2D eigenvalue weighted by Crippen LogP contribution is -2.37. The summed E-state index contributed by atoms with van der Waals surface area (Å²) in [5, 5.41) is 20.6. The number of aryl methyl sites for hydroxylation is 1. The Morgan fingerprint density at radius 2 is 1.96 bits per heavy atom. The summed E-state index contributed by atoms with van der Waals surface area (Å²) in [5.74, 6) is 0. The van der Waals surface area contributed by atoms with E-state index in [4.69, 9.17) is 16.9 Å². The number of hydrogen-bond donors (Lipinski definition) is 1. The molecule has 0 aliphatic rings. The molecule has 1 atom stereocenters. The number of halogens is 1. The molecule has 0 aliphatic heterocycles. The van der Waals surface area contributed by atoms with Crippen molar-refractivity contribution in [1.82, 2.24) is 0 Å². The molecule has 2 aromatic carbocycles. The Kier molecular flexibility index (Phi) is 5.72. The predicted octanol–water partition coefficient (Wildman–Crippen LogP) is 5.35. The van der Waals surface area contributed by atoms with Gasteiger partial charge in [0, 0.05) is 11.4 Å². The van der Waals surface area contributed by atoms with Crippen LogP contribution in [0.1, 0.15) is 42.5 Å². The minimum atomic E-state index is -1.09. The van der Waals surface area contributed by atoms with E-state index in [0.717, 1.165) is 5.56 Å². The van der Waals surface area contributed by atoms with Crippen molar-refractivity contribution in [3.8, 4) is 6.07 Å². The molecule has 1 unspecified atom stereocenters. The van der Waals surface area contributed by atoms with Crippen LogP contribution in [-0.4, -0.2) is 10.7 Å². The first-order chi connectivity index (χ1) is 11.7. The number of nitrogens with zero attached hydrogens (tertiary/aromatic N) is 1. The molecule has 0 radical (unpaired) electrons. The lowest BCUT2D eigenvalue weighted by Gasteiger charge is -2.35. The second-order valence-electron chi connectivity index (χ2n) is 7.33. The van der Waals surface area contributed by atoms with E-state index in [1.165, 1.54) is 11.1 Å². The monoisotopic (exact) mass is 353 g/mol. The topological polar surface area (TPSA) is 44.0 Å². The van der Waals surface area contributed by atoms with Gasteiger partial charge in [-0.15, -0.1) is 6.58 Å². The number of aliphatic hydroxyl groups is 1. The summed E-state index contributed by atoms with van der Waals surface area (Å²) < 4.78 is 0. The molecule has 2 nitrogen and oxygen atoms in total. The number of hydrogen-bond acceptors (Lipinski definition) is 2. The molecule has 1 N–H and O–H groups in total. The van der Waals surface area contributed by atoms with Crippen molar-refractivity contribution >= 4 is 11.6 Å².